The zero-order chi connectivity index (χ0) is 43.5. The van der Waals surface area contributed by atoms with E-state index in [0.29, 0.717) is 13.0 Å². The SMILES string of the molecule is C=C[C@@H]1C[C@]1(NC(=O)[C@@H]1C[C@@]2(CN1C(=O)[C@@H](NC(=O)C(NC(=O)[C@@H]1CCCCN1C(C)C)C1CCCCC1)C(C)(C)C)C(C)(C)C21CCC1)C(=O)NS(=O)(=O)N(C)CC. The van der Waals surface area contributed by atoms with Crippen molar-refractivity contribution in [1.29, 1.82) is 0 Å². The molecular weight excluding hydrogens is 771 g/mol. The van der Waals surface area contributed by atoms with Crippen LogP contribution in [0.1, 0.15) is 139 Å². The van der Waals surface area contributed by atoms with Crippen LogP contribution in [0.25, 0.3) is 0 Å². The molecule has 15 heteroatoms. The summed E-state index contributed by atoms with van der Waals surface area (Å²) in [5, 5.41) is 9.28. The Bertz CT molecular complexity index is 1780. The van der Waals surface area contributed by atoms with Crippen molar-refractivity contribution < 1.29 is 32.4 Å². The first kappa shape index (κ1) is 45.5. The van der Waals surface area contributed by atoms with Crippen molar-refractivity contribution in [2.24, 2.45) is 33.5 Å². The van der Waals surface area contributed by atoms with Crippen LogP contribution in [0.2, 0.25) is 0 Å². The summed E-state index contributed by atoms with van der Waals surface area (Å²) >= 11 is 0. The van der Waals surface area contributed by atoms with Gasteiger partial charge in [0, 0.05) is 37.5 Å². The number of hydrogen-bond donors (Lipinski definition) is 4. The first-order valence-electron chi connectivity index (χ1n) is 22.4. The molecule has 4 saturated carbocycles. The predicted octanol–water partition coefficient (Wildman–Crippen LogP) is 4.02. The molecule has 4 aliphatic carbocycles. The van der Waals surface area contributed by atoms with E-state index >= 15 is 4.79 Å². The van der Waals surface area contributed by atoms with Crippen molar-refractivity contribution >= 4 is 39.7 Å². The van der Waals surface area contributed by atoms with Gasteiger partial charge in [-0.25, -0.2) is 4.72 Å². The lowest BCUT2D eigenvalue weighted by Crippen LogP contribution is -2.63. The molecule has 1 unspecified atom stereocenters. The molecule has 5 amide bonds. The van der Waals surface area contributed by atoms with Crippen LogP contribution in [0.15, 0.2) is 12.7 Å². The van der Waals surface area contributed by atoms with E-state index in [2.05, 4.69) is 59.8 Å². The largest absolute Gasteiger partial charge is 0.343 e. The van der Waals surface area contributed by atoms with E-state index in [-0.39, 0.29) is 64.9 Å². The van der Waals surface area contributed by atoms with Crippen LogP contribution >= 0.6 is 0 Å². The highest BCUT2D eigenvalue weighted by Gasteiger charge is 2.85. The number of amides is 5. The van der Waals surface area contributed by atoms with Gasteiger partial charge in [-0.2, -0.15) is 12.7 Å². The average Bonchev–Trinajstić information content (AvgIpc) is 3.89. The van der Waals surface area contributed by atoms with E-state index in [9.17, 15) is 27.6 Å². The van der Waals surface area contributed by atoms with Crippen molar-refractivity contribution in [1.82, 2.24) is 34.8 Å². The average molecular weight is 844 g/mol. The van der Waals surface area contributed by atoms with Crippen LogP contribution in [0, 0.1) is 33.5 Å². The Morgan fingerprint density at radius 1 is 0.881 bits per heavy atom. The Hall–Kier alpha value is -3.04. The zero-order valence-electron chi connectivity index (χ0n) is 37.2. The van der Waals surface area contributed by atoms with Crippen molar-refractivity contribution in [3.8, 4) is 0 Å². The highest BCUT2D eigenvalue weighted by atomic mass is 32.2. The number of hydrogen-bond acceptors (Lipinski definition) is 8. The van der Waals surface area contributed by atoms with Crippen LogP contribution < -0.4 is 20.7 Å². The summed E-state index contributed by atoms with van der Waals surface area (Å²) < 4.78 is 29.0. The standard InChI is InChI=1S/C44H73N7O7S/c1-11-30-25-44(30,39(56)48-59(57,58)49(10)12-2)47-36(53)32-26-43(41(8,9)42(43)22-18-23-42)27-51(32)38(55)34(40(5,6)7)46-37(54)33(29-19-14-13-15-20-29)45-35(52)31-21-16-17-24-50(31)28(3)4/h11,28-34H,1,12-27H2,2-10H3,(H,45,52)(H,46,54)(H,47,53)(H,48,56)/t30-,31+,32+,33?,34-,43-,44-/m1/s1. The fourth-order valence-corrected chi connectivity index (χ4v) is 12.8. The Balaban J connectivity index is 1.28. The molecular formula is C44H73N7O7S. The van der Waals surface area contributed by atoms with E-state index in [1.165, 1.54) is 7.05 Å². The molecule has 0 aromatic rings. The molecule has 0 bridgehead atoms. The van der Waals surface area contributed by atoms with Crippen molar-refractivity contribution in [3.63, 3.8) is 0 Å². The summed E-state index contributed by atoms with van der Waals surface area (Å²) in [5.74, 6) is -2.85. The van der Waals surface area contributed by atoms with Crippen LogP contribution in [-0.2, 0) is 34.2 Å². The third-order valence-electron chi connectivity index (χ3n) is 16.1. The molecule has 7 atom stereocenters. The Labute approximate surface area is 353 Å². The summed E-state index contributed by atoms with van der Waals surface area (Å²) in [6.45, 7) is 21.1. The molecule has 0 aromatic heterocycles. The van der Waals surface area contributed by atoms with E-state index in [4.69, 9.17) is 0 Å². The van der Waals surface area contributed by atoms with Gasteiger partial charge < -0.3 is 20.9 Å². The number of rotatable bonds is 14. The number of piperidine rings is 1. The molecule has 2 saturated heterocycles. The first-order valence-corrected chi connectivity index (χ1v) is 23.9. The minimum absolute atomic E-state index is 0.0233. The Morgan fingerprint density at radius 2 is 1.53 bits per heavy atom. The van der Waals surface area contributed by atoms with E-state index < -0.39 is 57.0 Å². The quantitative estimate of drug-likeness (QED) is 0.190. The molecule has 0 radical (unpaired) electrons. The smallest absolute Gasteiger partial charge is 0.303 e. The Kier molecular flexibility index (Phi) is 12.6. The zero-order valence-corrected chi connectivity index (χ0v) is 38.1. The molecule has 2 heterocycles. The molecule has 6 aliphatic rings. The van der Waals surface area contributed by atoms with Crippen molar-refractivity contribution in [2.75, 3.05) is 26.7 Å². The maximum Gasteiger partial charge on any atom is 0.303 e. The van der Waals surface area contributed by atoms with Crippen LogP contribution in [0.3, 0.4) is 0 Å². The minimum Gasteiger partial charge on any atom is -0.343 e. The second-order valence-electron chi connectivity index (χ2n) is 20.7. The summed E-state index contributed by atoms with van der Waals surface area (Å²) in [7, 11) is -2.80. The third-order valence-corrected chi connectivity index (χ3v) is 17.7. The molecule has 14 nitrogen and oxygen atoms in total. The lowest BCUT2D eigenvalue weighted by molar-refractivity contribution is -0.145. The number of carbonyl (C=O) groups is 5. The number of nitrogens with one attached hydrogen (secondary N) is 4. The summed E-state index contributed by atoms with van der Waals surface area (Å²) in [5.41, 5.74) is -2.83. The summed E-state index contributed by atoms with van der Waals surface area (Å²) in [4.78, 5) is 76.3. The second-order valence-corrected chi connectivity index (χ2v) is 22.5. The molecule has 6 fully saturated rings. The monoisotopic (exact) mass is 844 g/mol. The highest BCUT2D eigenvalue weighted by molar-refractivity contribution is 7.87. The molecule has 6 rings (SSSR count). The lowest BCUT2D eigenvalue weighted by atomic mass is 9.73. The topological polar surface area (TPSA) is 177 Å². The molecule has 2 spiro atoms. The van der Waals surface area contributed by atoms with E-state index in [1.54, 1.807) is 17.9 Å². The molecule has 2 aliphatic heterocycles. The first-order chi connectivity index (χ1) is 27.5. The summed E-state index contributed by atoms with van der Waals surface area (Å²) in [6, 6.07) is -2.95. The second kappa shape index (κ2) is 16.3. The molecule has 332 valence electrons. The van der Waals surface area contributed by atoms with Gasteiger partial charge in [0.25, 0.3) is 5.91 Å². The van der Waals surface area contributed by atoms with Gasteiger partial charge in [-0.3, -0.25) is 28.9 Å². The van der Waals surface area contributed by atoms with Crippen molar-refractivity contribution in [3.05, 3.63) is 12.7 Å². The fourth-order valence-electron chi connectivity index (χ4n) is 11.9. The van der Waals surface area contributed by atoms with Crippen LogP contribution in [0.5, 0.6) is 0 Å². The van der Waals surface area contributed by atoms with Gasteiger partial charge in [0.15, 0.2) is 0 Å². The van der Waals surface area contributed by atoms with Gasteiger partial charge in [-0.15, -0.1) is 6.58 Å². The number of fused-ring (bicyclic) bond motifs is 1. The Morgan fingerprint density at radius 3 is 2.05 bits per heavy atom. The normalized spacial score (nSPS) is 31.3. The highest BCUT2D eigenvalue weighted by Crippen LogP contribution is 2.88. The van der Waals surface area contributed by atoms with E-state index in [1.807, 2.05) is 20.8 Å². The molecule has 59 heavy (non-hydrogen) atoms. The van der Waals surface area contributed by atoms with Crippen molar-refractivity contribution in [2.45, 2.75) is 175 Å². The van der Waals surface area contributed by atoms with Gasteiger partial charge in [0.2, 0.25) is 23.6 Å². The molecule has 4 N–H and O–H groups in total. The number of nitrogens with zero attached hydrogens (tertiary/aromatic N) is 3. The van der Waals surface area contributed by atoms with Gasteiger partial charge in [-0.05, 0) is 93.9 Å². The van der Waals surface area contributed by atoms with Crippen LogP contribution in [0.4, 0.5) is 0 Å². The van der Waals surface area contributed by atoms with Gasteiger partial charge in [-0.1, -0.05) is 79.7 Å². The van der Waals surface area contributed by atoms with Crippen LogP contribution in [-0.4, -0.2) is 114 Å². The minimum atomic E-state index is -4.16. The number of likely N-dealkylation sites (tertiary alicyclic amines) is 2. The van der Waals surface area contributed by atoms with E-state index in [0.717, 1.165) is 81.5 Å². The number of carbonyl (C=O) groups excluding carboxylic acids is 5. The van der Waals surface area contributed by atoms with Gasteiger partial charge in [0.05, 0.1) is 6.04 Å². The maximum absolute atomic E-state index is 15.3. The van der Waals surface area contributed by atoms with Gasteiger partial charge in [0.1, 0.15) is 23.7 Å². The van der Waals surface area contributed by atoms with Gasteiger partial charge >= 0.3 is 10.2 Å². The predicted molar refractivity (Wildman–Crippen MR) is 227 cm³/mol. The summed E-state index contributed by atoms with van der Waals surface area (Å²) in [6.07, 6.45) is 12.5. The lowest BCUT2D eigenvalue weighted by Gasteiger charge is -2.40. The molecule has 0 aromatic carbocycles. The maximum atomic E-state index is 15.3. The fraction of sp³-hybridized carbons (Fsp3) is 0.841. The third kappa shape index (κ3) is 7.87.